The molecule has 1 aliphatic rings. The van der Waals surface area contributed by atoms with Crippen LogP contribution in [0.15, 0.2) is 41.6 Å². The predicted molar refractivity (Wildman–Crippen MR) is 82.2 cm³/mol. The largest absolute Gasteiger partial charge is 0.465 e. The number of esters is 2. The third-order valence-corrected chi connectivity index (χ3v) is 3.36. The van der Waals surface area contributed by atoms with Gasteiger partial charge in [0.1, 0.15) is 5.57 Å². The summed E-state index contributed by atoms with van der Waals surface area (Å²) in [4.78, 5) is 36.7. The average Bonchev–Trinajstić information content (AvgIpc) is 2.69. The molecule has 0 bridgehead atoms. The second-order valence-corrected chi connectivity index (χ2v) is 5.04. The van der Waals surface area contributed by atoms with Crippen molar-refractivity contribution in [2.75, 3.05) is 19.2 Å². The van der Waals surface area contributed by atoms with Gasteiger partial charge in [0.25, 0.3) is 0 Å². The molecule has 1 heterocycles. The van der Waals surface area contributed by atoms with Crippen LogP contribution in [0.2, 0.25) is 0 Å². The van der Waals surface area contributed by atoms with Crippen molar-refractivity contribution in [1.29, 1.82) is 0 Å². The SMILES string of the molecule is COC(=O)C1=C(C(=O)OC)N(c2ccccc2)NC(C)CC1=O. The summed E-state index contributed by atoms with van der Waals surface area (Å²) in [6, 6.07) is 8.58. The fourth-order valence-corrected chi connectivity index (χ4v) is 2.34. The van der Waals surface area contributed by atoms with Crippen molar-refractivity contribution in [3.05, 3.63) is 41.6 Å². The van der Waals surface area contributed by atoms with Crippen LogP contribution in [0.25, 0.3) is 0 Å². The molecule has 1 atom stereocenters. The highest BCUT2D eigenvalue weighted by Gasteiger charge is 2.37. The molecule has 2 rings (SSSR count). The number of hydrazine groups is 1. The summed E-state index contributed by atoms with van der Waals surface area (Å²) < 4.78 is 9.45. The number of nitrogens with zero attached hydrogens (tertiary/aromatic N) is 1. The summed E-state index contributed by atoms with van der Waals surface area (Å²) in [5, 5.41) is 1.40. The van der Waals surface area contributed by atoms with Gasteiger partial charge in [-0.1, -0.05) is 18.2 Å². The van der Waals surface area contributed by atoms with Crippen LogP contribution in [0.4, 0.5) is 5.69 Å². The molecule has 0 aromatic heterocycles. The summed E-state index contributed by atoms with van der Waals surface area (Å²) in [5.74, 6) is -2.15. The molecule has 0 aliphatic carbocycles. The first-order valence-electron chi connectivity index (χ1n) is 7.05. The highest BCUT2D eigenvalue weighted by Crippen LogP contribution is 2.25. The molecule has 0 fully saturated rings. The minimum Gasteiger partial charge on any atom is -0.465 e. The highest BCUT2D eigenvalue weighted by atomic mass is 16.5. The van der Waals surface area contributed by atoms with Gasteiger partial charge in [0.2, 0.25) is 0 Å². The van der Waals surface area contributed by atoms with E-state index in [-0.39, 0.29) is 23.7 Å². The van der Waals surface area contributed by atoms with E-state index in [2.05, 4.69) is 10.2 Å². The third kappa shape index (κ3) is 3.40. The van der Waals surface area contributed by atoms with Crippen molar-refractivity contribution in [2.24, 2.45) is 0 Å². The Kier molecular flexibility index (Phi) is 5.13. The summed E-state index contributed by atoms with van der Waals surface area (Å²) in [6.45, 7) is 1.78. The van der Waals surface area contributed by atoms with Gasteiger partial charge in [-0.25, -0.2) is 15.0 Å². The van der Waals surface area contributed by atoms with Crippen molar-refractivity contribution >= 4 is 23.4 Å². The van der Waals surface area contributed by atoms with Gasteiger partial charge in [-0.05, 0) is 19.1 Å². The molecule has 0 radical (unpaired) electrons. The molecular weight excluding hydrogens is 300 g/mol. The van der Waals surface area contributed by atoms with E-state index in [1.54, 1.807) is 31.2 Å². The Labute approximate surface area is 133 Å². The molecule has 1 aromatic rings. The van der Waals surface area contributed by atoms with Crippen LogP contribution in [-0.4, -0.2) is 38.0 Å². The Morgan fingerprint density at radius 3 is 2.30 bits per heavy atom. The Morgan fingerprint density at radius 1 is 1.13 bits per heavy atom. The zero-order chi connectivity index (χ0) is 17.0. The normalized spacial score (nSPS) is 18.5. The fourth-order valence-electron chi connectivity index (χ4n) is 2.34. The number of ketones is 1. The number of nitrogens with one attached hydrogen (secondary N) is 1. The monoisotopic (exact) mass is 318 g/mol. The molecule has 122 valence electrons. The van der Waals surface area contributed by atoms with E-state index in [0.29, 0.717) is 5.69 Å². The molecule has 0 saturated carbocycles. The maximum atomic E-state index is 12.4. The molecule has 0 saturated heterocycles. The molecule has 1 unspecified atom stereocenters. The van der Waals surface area contributed by atoms with Crippen LogP contribution in [0.5, 0.6) is 0 Å². The Morgan fingerprint density at radius 2 is 1.74 bits per heavy atom. The van der Waals surface area contributed by atoms with E-state index in [0.717, 1.165) is 7.11 Å². The average molecular weight is 318 g/mol. The number of carbonyl (C=O) groups excluding carboxylic acids is 3. The van der Waals surface area contributed by atoms with Gasteiger partial charge in [0, 0.05) is 12.5 Å². The maximum absolute atomic E-state index is 12.4. The number of carbonyl (C=O) groups is 3. The van der Waals surface area contributed by atoms with Gasteiger partial charge in [-0.2, -0.15) is 0 Å². The molecule has 7 nitrogen and oxygen atoms in total. The Balaban J connectivity index is 2.69. The van der Waals surface area contributed by atoms with Crippen molar-refractivity contribution < 1.29 is 23.9 Å². The minimum absolute atomic E-state index is 0.0499. The van der Waals surface area contributed by atoms with Gasteiger partial charge < -0.3 is 9.47 Å². The molecule has 0 amide bonds. The lowest BCUT2D eigenvalue weighted by atomic mass is 10.0. The lowest BCUT2D eigenvalue weighted by molar-refractivity contribution is -0.140. The smallest absolute Gasteiger partial charge is 0.357 e. The summed E-state index contributed by atoms with van der Waals surface area (Å²) in [6.07, 6.45) is 0.0499. The van der Waals surface area contributed by atoms with Gasteiger partial charge in [-0.15, -0.1) is 0 Å². The van der Waals surface area contributed by atoms with Crippen LogP contribution in [0.1, 0.15) is 13.3 Å². The molecule has 1 aliphatic heterocycles. The molecule has 1 N–H and O–H groups in total. The Hall–Kier alpha value is -2.67. The minimum atomic E-state index is -0.868. The van der Waals surface area contributed by atoms with Crippen LogP contribution in [-0.2, 0) is 23.9 Å². The van der Waals surface area contributed by atoms with Gasteiger partial charge in [0.05, 0.1) is 19.9 Å². The van der Waals surface area contributed by atoms with Crippen molar-refractivity contribution in [1.82, 2.24) is 5.43 Å². The number of methoxy groups -OCH3 is 2. The number of para-hydroxylation sites is 1. The number of rotatable bonds is 3. The lowest BCUT2D eigenvalue weighted by Crippen LogP contribution is -2.44. The van der Waals surface area contributed by atoms with Crippen LogP contribution in [0.3, 0.4) is 0 Å². The fraction of sp³-hybridized carbons (Fsp3) is 0.312. The van der Waals surface area contributed by atoms with Crippen molar-refractivity contribution in [3.8, 4) is 0 Å². The Bertz CT molecular complexity index is 654. The summed E-state index contributed by atoms with van der Waals surface area (Å²) in [7, 11) is 2.35. The van der Waals surface area contributed by atoms with Crippen LogP contribution >= 0.6 is 0 Å². The zero-order valence-corrected chi connectivity index (χ0v) is 13.2. The highest BCUT2D eigenvalue weighted by molar-refractivity contribution is 6.22. The van der Waals surface area contributed by atoms with Crippen molar-refractivity contribution in [2.45, 2.75) is 19.4 Å². The van der Waals surface area contributed by atoms with E-state index in [1.165, 1.54) is 12.1 Å². The van der Waals surface area contributed by atoms with Gasteiger partial charge in [-0.3, -0.25) is 9.80 Å². The van der Waals surface area contributed by atoms with E-state index < -0.39 is 17.7 Å². The number of ether oxygens (including phenoxy) is 2. The van der Waals surface area contributed by atoms with Crippen molar-refractivity contribution in [3.63, 3.8) is 0 Å². The van der Waals surface area contributed by atoms with E-state index in [1.807, 2.05) is 6.07 Å². The van der Waals surface area contributed by atoms with E-state index >= 15 is 0 Å². The first-order valence-corrected chi connectivity index (χ1v) is 7.05. The van der Waals surface area contributed by atoms with Gasteiger partial charge in [0.15, 0.2) is 11.5 Å². The first-order chi connectivity index (χ1) is 11.0. The predicted octanol–water partition coefficient (Wildman–Crippen LogP) is 0.959. The van der Waals surface area contributed by atoms with E-state index in [9.17, 15) is 14.4 Å². The second kappa shape index (κ2) is 7.06. The maximum Gasteiger partial charge on any atom is 0.357 e. The van der Waals surface area contributed by atoms with Gasteiger partial charge >= 0.3 is 11.9 Å². The quantitative estimate of drug-likeness (QED) is 0.656. The number of benzene rings is 1. The number of anilines is 1. The third-order valence-electron chi connectivity index (χ3n) is 3.36. The number of hydrogen-bond acceptors (Lipinski definition) is 7. The number of Topliss-reactive ketones (excluding diaryl/α,β-unsaturated/α-hetero) is 1. The van der Waals surface area contributed by atoms with E-state index in [4.69, 9.17) is 4.74 Å². The molecule has 23 heavy (non-hydrogen) atoms. The zero-order valence-electron chi connectivity index (χ0n) is 13.2. The molecule has 0 spiro atoms. The summed E-state index contributed by atoms with van der Waals surface area (Å²) >= 11 is 0. The first kappa shape index (κ1) is 16.7. The molecule has 7 heteroatoms. The lowest BCUT2D eigenvalue weighted by Gasteiger charge is -2.27. The summed E-state index contributed by atoms with van der Waals surface area (Å²) in [5.41, 5.74) is 3.14. The molecular formula is C16H18N2O5. The second-order valence-electron chi connectivity index (χ2n) is 5.04. The molecule has 1 aromatic carbocycles. The standard InChI is InChI=1S/C16H18N2O5/c1-10-9-12(19)13(15(20)22-2)14(16(21)23-3)18(17-10)11-7-5-4-6-8-11/h4-8,10,17H,9H2,1-3H3. The topological polar surface area (TPSA) is 84.9 Å². The number of hydrogen-bond donors (Lipinski definition) is 1. The van der Waals surface area contributed by atoms with Crippen LogP contribution in [0, 0.1) is 0 Å². The van der Waals surface area contributed by atoms with Crippen LogP contribution < -0.4 is 10.4 Å².